The molecule has 0 spiro atoms. The number of ether oxygens (including phenoxy) is 1. The molecule has 0 radical (unpaired) electrons. The fourth-order valence-corrected chi connectivity index (χ4v) is 3.81. The highest BCUT2D eigenvalue weighted by molar-refractivity contribution is 6.35. The second-order valence-corrected chi connectivity index (χ2v) is 6.63. The molecule has 0 aromatic heterocycles. The Balaban J connectivity index is 2.08. The highest BCUT2D eigenvalue weighted by Gasteiger charge is 2.33. The molecule has 3 nitrogen and oxygen atoms in total. The first kappa shape index (κ1) is 15.8. The summed E-state index contributed by atoms with van der Waals surface area (Å²) in [6, 6.07) is 19.2. The molecule has 3 aromatic carbocycles. The number of fused-ring (bicyclic) bond motifs is 3. The molecule has 0 fully saturated rings. The third-order valence-corrected chi connectivity index (χ3v) is 4.95. The first-order valence-corrected chi connectivity index (χ1v) is 8.40. The summed E-state index contributed by atoms with van der Waals surface area (Å²) in [4.78, 5) is 0. The highest BCUT2D eigenvalue weighted by atomic mass is 35.5. The second kappa shape index (κ2) is 6.00. The number of benzene rings is 3. The van der Waals surface area contributed by atoms with Crippen LogP contribution in [0.3, 0.4) is 0 Å². The quantitative estimate of drug-likeness (QED) is 0.630. The van der Waals surface area contributed by atoms with Crippen molar-refractivity contribution in [2.75, 3.05) is 0 Å². The molecule has 0 aliphatic carbocycles. The Kier molecular flexibility index (Phi) is 3.80. The molecule has 0 amide bonds. The maximum atomic E-state index is 9.70. The van der Waals surface area contributed by atoms with Crippen molar-refractivity contribution in [2.24, 2.45) is 5.73 Å². The van der Waals surface area contributed by atoms with E-state index in [9.17, 15) is 5.26 Å². The van der Waals surface area contributed by atoms with Gasteiger partial charge in [0.2, 0.25) is 5.88 Å². The van der Waals surface area contributed by atoms with Crippen molar-refractivity contribution in [1.29, 1.82) is 5.26 Å². The summed E-state index contributed by atoms with van der Waals surface area (Å²) >= 11 is 12.5. The fraction of sp³-hybridized carbons (Fsp3) is 0.0500. The lowest BCUT2D eigenvalue weighted by Gasteiger charge is -2.28. The minimum Gasteiger partial charge on any atom is -0.440 e. The monoisotopic (exact) mass is 366 g/mol. The Morgan fingerprint density at radius 3 is 2.60 bits per heavy atom. The first-order chi connectivity index (χ1) is 12.1. The predicted octanol–water partition coefficient (Wildman–Crippen LogP) is 5.36. The van der Waals surface area contributed by atoms with Crippen LogP contribution < -0.4 is 10.5 Å². The lowest BCUT2D eigenvalue weighted by molar-refractivity contribution is 0.395. The number of halogens is 2. The average molecular weight is 367 g/mol. The Labute approximate surface area is 154 Å². The van der Waals surface area contributed by atoms with Crippen LogP contribution in [0, 0.1) is 11.3 Å². The predicted molar refractivity (Wildman–Crippen MR) is 99.7 cm³/mol. The summed E-state index contributed by atoms with van der Waals surface area (Å²) < 4.78 is 5.72. The Bertz CT molecular complexity index is 1080. The molecular weight excluding hydrogens is 355 g/mol. The number of hydrogen-bond donors (Lipinski definition) is 1. The zero-order valence-corrected chi connectivity index (χ0v) is 14.5. The van der Waals surface area contributed by atoms with E-state index in [0.717, 1.165) is 21.9 Å². The number of nitrogens with two attached hydrogens (primary N) is 1. The SMILES string of the molecule is N#CC1=C(N)Oc2ccc3ccccc3c2[C@@H]1c1ccc(Cl)cc1Cl. The van der Waals surface area contributed by atoms with Crippen molar-refractivity contribution < 1.29 is 4.74 Å². The van der Waals surface area contributed by atoms with Crippen molar-refractivity contribution in [3.8, 4) is 11.8 Å². The topological polar surface area (TPSA) is 59.0 Å². The van der Waals surface area contributed by atoms with E-state index in [1.807, 2.05) is 42.5 Å². The lowest BCUT2D eigenvalue weighted by atomic mass is 9.81. The highest BCUT2D eigenvalue weighted by Crippen LogP contribution is 2.47. The van der Waals surface area contributed by atoms with Gasteiger partial charge >= 0.3 is 0 Å². The smallest absolute Gasteiger partial charge is 0.205 e. The van der Waals surface area contributed by atoms with Crippen LogP contribution >= 0.6 is 23.2 Å². The third-order valence-electron chi connectivity index (χ3n) is 4.39. The molecule has 1 heterocycles. The van der Waals surface area contributed by atoms with Crippen LogP contribution in [0.4, 0.5) is 0 Å². The maximum Gasteiger partial charge on any atom is 0.205 e. The van der Waals surface area contributed by atoms with Gasteiger partial charge in [-0.3, -0.25) is 0 Å². The minimum absolute atomic E-state index is 0.0984. The van der Waals surface area contributed by atoms with E-state index in [4.69, 9.17) is 33.7 Å². The molecular formula is C20H12Cl2N2O. The molecule has 0 saturated heterocycles. The van der Waals surface area contributed by atoms with Gasteiger partial charge < -0.3 is 10.5 Å². The van der Waals surface area contributed by atoms with Gasteiger partial charge in [0, 0.05) is 15.6 Å². The first-order valence-electron chi connectivity index (χ1n) is 7.64. The minimum atomic E-state index is -0.412. The molecule has 3 aromatic rings. The van der Waals surface area contributed by atoms with Crippen LogP contribution in [0.15, 0.2) is 66.1 Å². The van der Waals surface area contributed by atoms with E-state index in [2.05, 4.69) is 6.07 Å². The third kappa shape index (κ3) is 2.51. The van der Waals surface area contributed by atoms with Gasteiger partial charge in [0.25, 0.3) is 0 Å². The Hall–Kier alpha value is -2.67. The van der Waals surface area contributed by atoms with Gasteiger partial charge in [-0.05, 0) is 34.5 Å². The summed E-state index contributed by atoms with van der Waals surface area (Å²) in [5.74, 6) is 0.317. The standard InChI is InChI=1S/C20H12Cl2N2O/c21-12-6-7-14(16(22)9-12)18-15(10-23)20(24)25-17-8-5-11-3-1-2-4-13(11)19(17)18/h1-9,18H,24H2/t18-/m1/s1. The van der Waals surface area contributed by atoms with Crippen molar-refractivity contribution >= 4 is 34.0 Å². The summed E-state index contributed by atoms with van der Waals surface area (Å²) in [6.45, 7) is 0. The molecule has 0 unspecified atom stereocenters. The fourth-order valence-electron chi connectivity index (χ4n) is 3.29. The van der Waals surface area contributed by atoms with E-state index >= 15 is 0 Å². The normalized spacial score (nSPS) is 16.3. The van der Waals surface area contributed by atoms with Crippen LogP contribution in [0.5, 0.6) is 5.75 Å². The number of allylic oxidation sites excluding steroid dienone is 1. The number of rotatable bonds is 1. The number of hydrogen-bond acceptors (Lipinski definition) is 3. The van der Waals surface area contributed by atoms with Gasteiger partial charge in [0.15, 0.2) is 0 Å². The van der Waals surface area contributed by atoms with E-state index in [1.165, 1.54) is 0 Å². The molecule has 1 atom stereocenters. The van der Waals surface area contributed by atoms with Crippen molar-refractivity contribution in [2.45, 2.75) is 5.92 Å². The zero-order valence-electron chi connectivity index (χ0n) is 13.0. The molecule has 1 aliphatic heterocycles. The van der Waals surface area contributed by atoms with E-state index < -0.39 is 5.92 Å². The van der Waals surface area contributed by atoms with E-state index in [0.29, 0.717) is 21.4 Å². The molecule has 1 aliphatic rings. The average Bonchev–Trinajstić information content (AvgIpc) is 2.60. The maximum absolute atomic E-state index is 9.70. The Morgan fingerprint density at radius 1 is 1.04 bits per heavy atom. The van der Waals surface area contributed by atoms with Crippen molar-refractivity contribution in [3.63, 3.8) is 0 Å². The zero-order chi connectivity index (χ0) is 17.6. The van der Waals surface area contributed by atoms with Crippen molar-refractivity contribution in [1.82, 2.24) is 0 Å². The van der Waals surface area contributed by atoms with Crippen LogP contribution in [-0.2, 0) is 0 Å². The van der Waals surface area contributed by atoms with Gasteiger partial charge in [-0.1, -0.05) is 59.6 Å². The molecule has 4 rings (SSSR count). The second-order valence-electron chi connectivity index (χ2n) is 5.79. The molecule has 0 saturated carbocycles. The van der Waals surface area contributed by atoms with Crippen LogP contribution in [0.2, 0.25) is 10.0 Å². The number of nitriles is 1. The van der Waals surface area contributed by atoms with Gasteiger partial charge in [-0.2, -0.15) is 5.26 Å². The van der Waals surface area contributed by atoms with E-state index in [-0.39, 0.29) is 5.88 Å². The summed E-state index contributed by atoms with van der Waals surface area (Å²) in [6.07, 6.45) is 0. The van der Waals surface area contributed by atoms with Crippen LogP contribution in [0.1, 0.15) is 17.0 Å². The summed E-state index contributed by atoms with van der Waals surface area (Å²) in [5, 5.41) is 12.8. The van der Waals surface area contributed by atoms with Gasteiger partial charge in [-0.15, -0.1) is 0 Å². The molecule has 25 heavy (non-hydrogen) atoms. The molecule has 122 valence electrons. The van der Waals surface area contributed by atoms with Gasteiger partial charge in [0.05, 0.1) is 5.92 Å². The van der Waals surface area contributed by atoms with Crippen LogP contribution in [-0.4, -0.2) is 0 Å². The summed E-state index contributed by atoms with van der Waals surface area (Å²) in [7, 11) is 0. The van der Waals surface area contributed by atoms with Crippen molar-refractivity contribution in [3.05, 3.63) is 87.2 Å². The Morgan fingerprint density at radius 2 is 1.84 bits per heavy atom. The molecule has 2 N–H and O–H groups in total. The summed E-state index contributed by atoms with van der Waals surface area (Å²) in [5.41, 5.74) is 8.02. The molecule has 0 bridgehead atoms. The molecule has 5 heteroatoms. The lowest BCUT2D eigenvalue weighted by Crippen LogP contribution is -2.21. The number of nitrogens with zero attached hydrogens (tertiary/aromatic N) is 1. The van der Waals surface area contributed by atoms with Gasteiger partial charge in [0.1, 0.15) is 17.4 Å². The van der Waals surface area contributed by atoms with E-state index in [1.54, 1.807) is 12.1 Å². The van der Waals surface area contributed by atoms with Crippen LogP contribution in [0.25, 0.3) is 10.8 Å². The largest absolute Gasteiger partial charge is 0.440 e. The van der Waals surface area contributed by atoms with Gasteiger partial charge in [-0.25, -0.2) is 0 Å².